The summed E-state index contributed by atoms with van der Waals surface area (Å²) < 4.78 is 0. The van der Waals surface area contributed by atoms with E-state index in [1.54, 1.807) is 18.2 Å². The number of hydrogen-bond donors (Lipinski definition) is 3. The summed E-state index contributed by atoms with van der Waals surface area (Å²) in [6, 6.07) is 4.53. The number of carbonyl (C=O) groups excluding carboxylic acids is 1. The molecule has 0 spiro atoms. The first-order valence-corrected chi connectivity index (χ1v) is 6.64. The Morgan fingerprint density at radius 3 is 2.58 bits per heavy atom. The number of urea groups is 1. The fourth-order valence-electron chi connectivity index (χ4n) is 1.26. The average Bonchev–Trinajstić information content (AvgIpc) is 2.30. The Bertz CT molecular complexity index is 458. The molecule has 0 saturated carbocycles. The van der Waals surface area contributed by atoms with E-state index in [-0.39, 0.29) is 17.0 Å². The molecule has 4 nitrogen and oxygen atoms in total. The summed E-state index contributed by atoms with van der Waals surface area (Å²) in [5.41, 5.74) is 0.137. The number of aliphatic hydroxyl groups excluding tert-OH is 1. The third-order valence-corrected chi connectivity index (χ3v) is 3.47. The lowest BCUT2D eigenvalue weighted by Crippen LogP contribution is -2.40. The molecule has 19 heavy (non-hydrogen) atoms. The van der Waals surface area contributed by atoms with Gasteiger partial charge < -0.3 is 15.7 Å². The Hall–Kier alpha value is -0.970. The van der Waals surface area contributed by atoms with Gasteiger partial charge in [-0.1, -0.05) is 50.0 Å². The topological polar surface area (TPSA) is 61.4 Å². The van der Waals surface area contributed by atoms with Gasteiger partial charge in [-0.15, -0.1) is 0 Å². The third kappa shape index (κ3) is 4.90. The maximum Gasteiger partial charge on any atom is 0.319 e. The van der Waals surface area contributed by atoms with Gasteiger partial charge in [0.25, 0.3) is 0 Å². The molecule has 0 aliphatic rings. The van der Waals surface area contributed by atoms with Crippen molar-refractivity contribution in [3.8, 4) is 0 Å². The summed E-state index contributed by atoms with van der Waals surface area (Å²) in [5, 5.41) is 15.6. The maximum absolute atomic E-state index is 11.7. The zero-order chi connectivity index (χ0) is 14.6. The van der Waals surface area contributed by atoms with Crippen molar-refractivity contribution in [2.75, 3.05) is 11.9 Å². The largest absolute Gasteiger partial charge is 0.391 e. The van der Waals surface area contributed by atoms with Crippen LogP contribution >= 0.6 is 23.2 Å². The van der Waals surface area contributed by atoms with E-state index in [1.807, 2.05) is 20.8 Å². The highest BCUT2D eigenvalue weighted by Crippen LogP contribution is 2.29. The quantitative estimate of drug-likeness (QED) is 0.800. The summed E-state index contributed by atoms with van der Waals surface area (Å²) in [5.74, 6) is 0. The third-order valence-electron chi connectivity index (χ3n) is 2.66. The first-order chi connectivity index (χ1) is 8.71. The molecule has 0 radical (unpaired) electrons. The highest BCUT2D eigenvalue weighted by atomic mass is 35.5. The minimum absolute atomic E-state index is 0.160. The number of halogens is 2. The van der Waals surface area contributed by atoms with E-state index < -0.39 is 12.1 Å². The molecule has 2 amide bonds. The van der Waals surface area contributed by atoms with Gasteiger partial charge in [0.2, 0.25) is 0 Å². The van der Waals surface area contributed by atoms with Crippen LogP contribution in [0.5, 0.6) is 0 Å². The number of rotatable bonds is 3. The average molecular weight is 305 g/mol. The molecular formula is C13H18Cl2N2O2. The minimum Gasteiger partial charge on any atom is -0.391 e. The van der Waals surface area contributed by atoms with Crippen molar-refractivity contribution < 1.29 is 9.90 Å². The number of nitrogens with one attached hydrogen (secondary N) is 2. The number of benzene rings is 1. The second kappa shape index (κ2) is 6.46. The molecule has 6 heteroatoms. The van der Waals surface area contributed by atoms with E-state index >= 15 is 0 Å². The SMILES string of the molecule is CC(C)(C)C(O)CNC(=O)Nc1cccc(Cl)c1Cl. The van der Waals surface area contributed by atoms with Gasteiger partial charge in [-0.3, -0.25) is 0 Å². The van der Waals surface area contributed by atoms with Crippen LogP contribution in [0.3, 0.4) is 0 Å². The van der Waals surface area contributed by atoms with E-state index in [9.17, 15) is 9.90 Å². The van der Waals surface area contributed by atoms with Crippen molar-refractivity contribution in [1.29, 1.82) is 0 Å². The van der Waals surface area contributed by atoms with E-state index in [0.717, 1.165) is 0 Å². The standard InChI is InChI=1S/C13H18Cl2N2O2/c1-13(2,3)10(18)7-16-12(19)17-9-6-4-5-8(14)11(9)15/h4-6,10,18H,7H2,1-3H3,(H2,16,17,19). The van der Waals surface area contributed by atoms with Gasteiger partial charge in [0.15, 0.2) is 0 Å². The summed E-state index contributed by atoms with van der Waals surface area (Å²) >= 11 is 11.8. The Balaban J connectivity index is 2.55. The summed E-state index contributed by atoms with van der Waals surface area (Å²) in [7, 11) is 0. The summed E-state index contributed by atoms with van der Waals surface area (Å²) in [4.78, 5) is 11.7. The van der Waals surface area contributed by atoms with Crippen molar-refractivity contribution in [2.24, 2.45) is 5.41 Å². The van der Waals surface area contributed by atoms with Crippen LogP contribution in [0, 0.1) is 5.41 Å². The molecule has 0 saturated heterocycles. The van der Waals surface area contributed by atoms with E-state index in [0.29, 0.717) is 10.7 Å². The maximum atomic E-state index is 11.7. The van der Waals surface area contributed by atoms with Gasteiger partial charge in [-0.2, -0.15) is 0 Å². The van der Waals surface area contributed by atoms with E-state index in [2.05, 4.69) is 10.6 Å². The molecule has 1 rings (SSSR count). The van der Waals surface area contributed by atoms with Crippen LogP contribution in [0.25, 0.3) is 0 Å². The predicted octanol–water partition coefficient (Wildman–Crippen LogP) is 3.52. The van der Waals surface area contributed by atoms with Crippen LogP contribution in [0.15, 0.2) is 18.2 Å². The highest BCUT2D eigenvalue weighted by Gasteiger charge is 2.22. The monoisotopic (exact) mass is 304 g/mol. The second-order valence-electron chi connectivity index (χ2n) is 5.32. The minimum atomic E-state index is -0.631. The van der Waals surface area contributed by atoms with E-state index in [1.165, 1.54) is 0 Å². The molecule has 0 aliphatic heterocycles. The van der Waals surface area contributed by atoms with Crippen LogP contribution in [-0.2, 0) is 0 Å². The number of aliphatic hydroxyl groups is 1. The van der Waals surface area contributed by atoms with E-state index in [4.69, 9.17) is 23.2 Å². The van der Waals surface area contributed by atoms with Gasteiger partial charge in [-0.25, -0.2) is 4.79 Å². The molecule has 1 atom stereocenters. The number of anilines is 1. The first kappa shape index (κ1) is 16.1. The van der Waals surface area contributed by atoms with Crippen molar-refractivity contribution in [3.05, 3.63) is 28.2 Å². The molecule has 1 aromatic carbocycles. The number of carbonyl (C=O) groups is 1. The zero-order valence-corrected chi connectivity index (χ0v) is 12.6. The van der Waals surface area contributed by atoms with Crippen LogP contribution in [0.1, 0.15) is 20.8 Å². The van der Waals surface area contributed by atoms with Gasteiger partial charge in [0.1, 0.15) is 0 Å². The molecule has 0 bridgehead atoms. The second-order valence-corrected chi connectivity index (χ2v) is 6.10. The molecule has 3 N–H and O–H groups in total. The van der Waals surface area contributed by atoms with Crippen molar-refractivity contribution in [1.82, 2.24) is 5.32 Å². The molecule has 106 valence electrons. The Kier molecular flexibility index (Phi) is 5.47. The Labute approximate surface area is 123 Å². The van der Waals surface area contributed by atoms with Crippen LogP contribution in [0.4, 0.5) is 10.5 Å². The van der Waals surface area contributed by atoms with Gasteiger partial charge >= 0.3 is 6.03 Å². The van der Waals surface area contributed by atoms with Crippen LogP contribution in [-0.4, -0.2) is 23.8 Å². The van der Waals surface area contributed by atoms with Crippen molar-refractivity contribution in [2.45, 2.75) is 26.9 Å². The fraction of sp³-hybridized carbons (Fsp3) is 0.462. The summed E-state index contributed by atoms with van der Waals surface area (Å²) in [6.07, 6.45) is -0.631. The lowest BCUT2D eigenvalue weighted by atomic mass is 9.89. The predicted molar refractivity (Wildman–Crippen MR) is 78.9 cm³/mol. The van der Waals surface area contributed by atoms with Gasteiger partial charge in [-0.05, 0) is 17.5 Å². The molecule has 0 fully saturated rings. The molecule has 0 heterocycles. The smallest absolute Gasteiger partial charge is 0.319 e. The Morgan fingerprint density at radius 2 is 2.00 bits per heavy atom. The van der Waals surface area contributed by atoms with Crippen LogP contribution in [0.2, 0.25) is 10.0 Å². The van der Waals surface area contributed by atoms with Crippen molar-refractivity contribution >= 4 is 34.9 Å². The fourth-order valence-corrected chi connectivity index (χ4v) is 1.61. The van der Waals surface area contributed by atoms with Gasteiger partial charge in [0, 0.05) is 6.54 Å². The van der Waals surface area contributed by atoms with Gasteiger partial charge in [0.05, 0.1) is 21.8 Å². The number of amides is 2. The molecular weight excluding hydrogens is 287 g/mol. The number of hydrogen-bond acceptors (Lipinski definition) is 2. The normalized spacial score (nSPS) is 12.9. The highest BCUT2D eigenvalue weighted by molar-refractivity contribution is 6.43. The van der Waals surface area contributed by atoms with Crippen molar-refractivity contribution in [3.63, 3.8) is 0 Å². The molecule has 0 aromatic heterocycles. The molecule has 1 aromatic rings. The lowest BCUT2D eigenvalue weighted by molar-refractivity contribution is 0.0654. The Morgan fingerprint density at radius 1 is 1.37 bits per heavy atom. The van der Waals surface area contributed by atoms with Crippen LogP contribution < -0.4 is 10.6 Å². The molecule has 0 aliphatic carbocycles. The first-order valence-electron chi connectivity index (χ1n) is 5.88. The zero-order valence-electron chi connectivity index (χ0n) is 11.1. The summed E-state index contributed by atoms with van der Waals surface area (Å²) in [6.45, 7) is 5.84. The molecule has 1 unspecified atom stereocenters. The lowest BCUT2D eigenvalue weighted by Gasteiger charge is -2.25.